The van der Waals surface area contributed by atoms with Crippen molar-refractivity contribution >= 4 is 12.0 Å². The molecule has 1 saturated carbocycles. The van der Waals surface area contributed by atoms with Crippen LogP contribution in [0.2, 0.25) is 0 Å². The van der Waals surface area contributed by atoms with Gasteiger partial charge in [-0.15, -0.1) is 0 Å². The molecule has 0 unspecified atom stereocenters. The molecule has 2 amide bonds. The highest BCUT2D eigenvalue weighted by Crippen LogP contribution is 2.40. The third-order valence-electron chi connectivity index (χ3n) is 7.10. The second-order valence-electron chi connectivity index (χ2n) is 9.84. The first-order valence-electron chi connectivity index (χ1n) is 12.0. The number of hydrogen-bond acceptors (Lipinski definition) is 2. The summed E-state index contributed by atoms with van der Waals surface area (Å²) in [6.45, 7) is 1.14. The molecule has 12 heteroatoms. The molecule has 1 heterocycles. The Kier molecular flexibility index (Phi) is 7.37. The molecule has 5 nitrogen and oxygen atoms in total. The quantitative estimate of drug-likeness (QED) is 0.439. The van der Waals surface area contributed by atoms with E-state index >= 15 is 0 Å². The van der Waals surface area contributed by atoms with Gasteiger partial charge in [0.15, 0.2) is 0 Å². The van der Waals surface area contributed by atoms with Gasteiger partial charge in [0.2, 0.25) is 5.91 Å². The molecule has 38 heavy (non-hydrogen) atoms. The average Bonchev–Trinajstić information content (AvgIpc) is 3.66. The standard InChI is InChI=1S/C26H25F7N2O3/c1-14-8-18(27)2-5-20(14)22-13-34(24(37)38)7-6-21(22)23(36)35(19-3-4-19)12-15-9-16(25(28,29)30)11-17(10-15)26(31,32)33/h2,5,8-11,19,21-22H,3-4,6-7,12-13H2,1H3,(H,37,38)/t21-,22+/m1/s1. The van der Waals surface area contributed by atoms with E-state index in [9.17, 15) is 45.4 Å². The van der Waals surface area contributed by atoms with Gasteiger partial charge in [-0.1, -0.05) is 6.07 Å². The highest BCUT2D eigenvalue weighted by Gasteiger charge is 2.43. The fraction of sp³-hybridized carbons (Fsp3) is 0.462. The van der Waals surface area contributed by atoms with E-state index < -0.39 is 59.7 Å². The van der Waals surface area contributed by atoms with Crippen LogP contribution in [0.4, 0.5) is 35.5 Å². The van der Waals surface area contributed by atoms with Crippen LogP contribution in [0, 0.1) is 18.7 Å². The van der Waals surface area contributed by atoms with Crippen LogP contribution in [0.5, 0.6) is 0 Å². The number of hydrogen-bond donors (Lipinski definition) is 1. The summed E-state index contributed by atoms with van der Waals surface area (Å²) in [6, 6.07) is 4.87. The second kappa shape index (κ2) is 10.1. The van der Waals surface area contributed by atoms with Crippen molar-refractivity contribution in [1.82, 2.24) is 9.80 Å². The maximum absolute atomic E-state index is 13.8. The van der Waals surface area contributed by atoms with Gasteiger partial charge in [-0.25, -0.2) is 9.18 Å². The van der Waals surface area contributed by atoms with E-state index in [0.717, 1.165) is 4.90 Å². The summed E-state index contributed by atoms with van der Waals surface area (Å²) in [5, 5.41) is 9.51. The van der Waals surface area contributed by atoms with Crippen LogP contribution in [0.25, 0.3) is 0 Å². The number of nitrogens with zero attached hydrogens (tertiary/aromatic N) is 2. The lowest BCUT2D eigenvalue weighted by Gasteiger charge is -2.39. The molecule has 1 saturated heterocycles. The number of rotatable bonds is 5. The number of carboxylic acid groups (broad SMARTS) is 1. The molecule has 4 rings (SSSR count). The average molecular weight is 546 g/mol. The third kappa shape index (κ3) is 6.05. The highest BCUT2D eigenvalue weighted by atomic mass is 19.4. The first-order valence-corrected chi connectivity index (χ1v) is 12.0. The van der Waals surface area contributed by atoms with Gasteiger partial charge in [-0.3, -0.25) is 4.79 Å². The molecule has 2 fully saturated rings. The molecule has 206 valence electrons. The molecule has 0 spiro atoms. The van der Waals surface area contributed by atoms with Crippen LogP contribution < -0.4 is 0 Å². The van der Waals surface area contributed by atoms with E-state index in [0.29, 0.717) is 36.1 Å². The summed E-state index contributed by atoms with van der Waals surface area (Å²) in [7, 11) is 0. The molecule has 2 aromatic carbocycles. The number of piperidine rings is 1. The lowest BCUT2D eigenvalue weighted by molar-refractivity contribution is -0.143. The SMILES string of the molecule is Cc1cc(F)ccc1[C@@H]1CN(C(=O)O)CC[C@H]1C(=O)N(Cc1cc(C(F)(F)F)cc(C(F)(F)F)c1)C1CC1. The molecule has 2 aliphatic rings. The van der Waals surface area contributed by atoms with Gasteiger partial charge in [-0.05, 0) is 73.2 Å². The molecule has 2 aromatic rings. The Labute approximate surface area is 213 Å². The van der Waals surface area contributed by atoms with Crippen LogP contribution in [0.15, 0.2) is 36.4 Å². The fourth-order valence-corrected chi connectivity index (χ4v) is 5.09. The Hall–Kier alpha value is -3.31. The Morgan fingerprint density at radius 3 is 2.08 bits per heavy atom. The van der Waals surface area contributed by atoms with Gasteiger partial charge < -0.3 is 14.9 Å². The molecule has 1 aliphatic carbocycles. The first kappa shape index (κ1) is 27.7. The third-order valence-corrected chi connectivity index (χ3v) is 7.10. The van der Waals surface area contributed by atoms with Gasteiger partial charge >= 0.3 is 18.4 Å². The number of amides is 2. The first-order chi connectivity index (χ1) is 17.6. The predicted molar refractivity (Wildman–Crippen MR) is 122 cm³/mol. The van der Waals surface area contributed by atoms with Crippen LogP contribution >= 0.6 is 0 Å². The van der Waals surface area contributed by atoms with Crippen LogP contribution in [-0.4, -0.2) is 46.0 Å². The van der Waals surface area contributed by atoms with Crippen molar-refractivity contribution in [2.45, 2.75) is 57.0 Å². The Morgan fingerprint density at radius 2 is 1.58 bits per heavy atom. The van der Waals surface area contributed by atoms with E-state index in [2.05, 4.69) is 0 Å². The zero-order chi connectivity index (χ0) is 28.0. The van der Waals surface area contributed by atoms with Crippen molar-refractivity contribution in [2.24, 2.45) is 5.92 Å². The largest absolute Gasteiger partial charge is 0.465 e. The number of halogens is 7. The molecule has 1 N–H and O–H groups in total. The van der Waals surface area contributed by atoms with E-state index in [4.69, 9.17) is 0 Å². The predicted octanol–water partition coefficient (Wildman–Crippen LogP) is 6.45. The number of likely N-dealkylation sites (tertiary alicyclic amines) is 1. The molecule has 0 bridgehead atoms. The molecule has 0 radical (unpaired) electrons. The Morgan fingerprint density at radius 1 is 0.974 bits per heavy atom. The van der Waals surface area contributed by atoms with Crippen molar-refractivity contribution in [1.29, 1.82) is 0 Å². The zero-order valence-corrected chi connectivity index (χ0v) is 20.2. The number of aryl methyl sites for hydroxylation is 1. The minimum absolute atomic E-state index is 0.0305. The van der Waals surface area contributed by atoms with E-state index in [1.807, 2.05) is 0 Å². The molecule has 2 atom stereocenters. The van der Waals surface area contributed by atoms with Crippen LogP contribution in [0.3, 0.4) is 0 Å². The van der Waals surface area contributed by atoms with Crippen molar-refractivity contribution in [3.63, 3.8) is 0 Å². The van der Waals surface area contributed by atoms with E-state index in [1.54, 1.807) is 6.92 Å². The number of alkyl halides is 6. The molecule has 0 aromatic heterocycles. The van der Waals surface area contributed by atoms with Gasteiger partial charge in [-0.2, -0.15) is 26.3 Å². The van der Waals surface area contributed by atoms with E-state index in [1.165, 1.54) is 23.1 Å². The fourth-order valence-electron chi connectivity index (χ4n) is 5.09. The second-order valence-corrected chi connectivity index (χ2v) is 9.84. The Balaban J connectivity index is 1.69. The molecular formula is C26H25F7N2O3. The Bertz CT molecular complexity index is 1190. The minimum Gasteiger partial charge on any atom is -0.465 e. The minimum atomic E-state index is -5.01. The topological polar surface area (TPSA) is 60.9 Å². The van der Waals surface area contributed by atoms with Crippen molar-refractivity contribution in [3.05, 3.63) is 70.0 Å². The van der Waals surface area contributed by atoms with Crippen LogP contribution in [-0.2, 0) is 23.7 Å². The maximum atomic E-state index is 13.8. The van der Waals surface area contributed by atoms with Gasteiger partial charge in [0.25, 0.3) is 0 Å². The van der Waals surface area contributed by atoms with E-state index in [-0.39, 0.29) is 37.2 Å². The lowest BCUT2D eigenvalue weighted by atomic mass is 9.78. The van der Waals surface area contributed by atoms with Gasteiger partial charge in [0.1, 0.15) is 5.82 Å². The van der Waals surface area contributed by atoms with Gasteiger partial charge in [0.05, 0.1) is 11.1 Å². The molecule has 1 aliphatic heterocycles. The number of benzene rings is 2. The summed E-state index contributed by atoms with van der Waals surface area (Å²) >= 11 is 0. The summed E-state index contributed by atoms with van der Waals surface area (Å²) in [6.07, 6.45) is -10.0. The lowest BCUT2D eigenvalue weighted by Crippen LogP contribution is -2.48. The van der Waals surface area contributed by atoms with Crippen molar-refractivity contribution < 1.29 is 45.4 Å². The van der Waals surface area contributed by atoms with Crippen molar-refractivity contribution in [2.75, 3.05) is 13.1 Å². The zero-order valence-electron chi connectivity index (χ0n) is 20.2. The van der Waals surface area contributed by atoms with Gasteiger partial charge in [0, 0.05) is 37.5 Å². The molecular weight excluding hydrogens is 521 g/mol. The smallest absolute Gasteiger partial charge is 0.416 e. The summed E-state index contributed by atoms with van der Waals surface area (Å²) < 4.78 is 94.0. The summed E-state index contributed by atoms with van der Waals surface area (Å²) in [5.41, 5.74) is -2.15. The van der Waals surface area contributed by atoms with Crippen LogP contribution in [0.1, 0.15) is 53.0 Å². The summed E-state index contributed by atoms with van der Waals surface area (Å²) in [4.78, 5) is 27.9. The highest BCUT2D eigenvalue weighted by molar-refractivity contribution is 5.81. The number of carbonyl (C=O) groups excluding carboxylic acids is 1. The normalized spacial score (nSPS) is 20.4. The maximum Gasteiger partial charge on any atom is 0.416 e. The summed E-state index contributed by atoms with van der Waals surface area (Å²) in [5.74, 6) is -2.44. The number of carbonyl (C=O) groups is 2. The monoisotopic (exact) mass is 546 g/mol. The van der Waals surface area contributed by atoms with Crippen molar-refractivity contribution in [3.8, 4) is 0 Å².